The minimum Gasteiger partial charge on any atom is -0.494 e. The van der Waals surface area contributed by atoms with Gasteiger partial charge in [0, 0.05) is 21.2 Å². The van der Waals surface area contributed by atoms with Gasteiger partial charge in [0.15, 0.2) is 0 Å². The Morgan fingerprint density at radius 3 is 2.75 bits per heavy atom. The Kier molecular flexibility index (Phi) is 5.92. The summed E-state index contributed by atoms with van der Waals surface area (Å²) in [6.07, 6.45) is 1.02. The average Bonchev–Trinajstić information content (AvgIpc) is 2.46. The predicted octanol–water partition coefficient (Wildman–Crippen LogP) is 5.61. The Labute approximate surface area is 136 Å². The molecule has 0 aliphatic carbocycles. The van der Waals surface area contributed by atoms with E-state index >= 15 is 0 Å². The lowest BCUT2D eigenvalue weighted by atomic mass is 10.2. The van der Waals surface area contributed by atoms with E-state index in [1.807, 2.05) is 24.3 Å². The second-order valence-corrected chi connectivity index (χ2v) is 6.24. The highest BCUT2D eigenvalue weighted by Gasteiger charge is 2.01. The van der Waals surface area contributed by atoms with Gasteiger partial charge in [-0.1, -0.05) is 35.0 Å². The molecule has 20 heavy (non-hydrogen) atoms. The number of ether oxygens (including phenoxy) is 1. The molecule has 1 N–H and O–H groups in total. The fraction of sp³-hybridized carbons (Fsp3) is 0.250. The molecule has 106 valence electrons. The zero-order valence-electron chi connectivity index (χ0n) is 11.3. The maximum Gasteiger partial charge on any atom is 0.119 e. The van der Waals surface area contributed by atoms with E-state index in [0.29, 0.717) is 0 Å². The largest absolute Gasteiger partial charge is 0.494 e. The third-order valence-electron chi connectivity index (χ3n) is 2.78. The summed E-state index contributed by atoms with van der Waals surface area (Å²) >= 11 is 7.03. The standard InChI is InChI=1S/C16H17Br2NO/c1-2-8-20-14-5-3-4-12(9-14)11-19-16-10-13(17)6-7-15(16)18/h3-7,9-10,19H,2,8,11H2,1H3. The van der Waals surface area contributed by atoms with E-state index in [-0.39, 0.29) is 0 Å². The third-order valence-corrected chi connectivity index (χ3v) is 3.97. The third kappa shape index (κ3) is 4.53. The van der Waals surface area contributed by atoms with Gasteiger partial charge >= 0.3 is 0 Å². The number of nitrogens with one attached hydrogen (secondary N) is 1. The molecule has 0 radical (unpaired) electrons. The Morgan fingerprint density at radius 2 is 1.95 bits per heavy atom. The second-order valence-electron chi connectivity index (χ2n) is 4.47. The van der Waals surface area contributed by atoms with Crippen LogP contribution in [-0.4, -0.2) is 6.61 Å². The van der Waals surface area contributed by atoms with Crippen molar-refractivity contribution in [3.05, 3.63) is 57.0 Å². The monoisotopic (exact) mass is 397 g/mol. The summed E-state index contributed by atoms with van der Waals surface area (Å²) in [4.78, 5) is 0. The van der Waals surface area contributed by atoms with E-state index in [4.69, 9.17) is 4.74 Å². The highest BCUT2D eigenvalue weighted by molar-refractivity contribution is 9.11. The van der Waals surface area contributed by atoms with E-state index < -0.39 is 0 Å². The molecular weight excluding hydrogens is 382 g/mol. The minimum absolute atomic E-state index is 0.758. The first-order valence-electron chi connectivity index (χ1n) is 6.59. The molecule has 0 aliphatic heterocycles. The molecule has 0 spiro atoms. The van der Waals surface area contributed by atoms with Gasteiger partial charge < -0.3 is 10.1 Å². The molecule has 0 heterocycles. The van der Waals surface area contributed by atoms with Crippen molar-refractivity contribution in [1.82, 2.24) is 0 Å². The van der Waals surface area contributed by atoms with Crippen molar-refractivity contribution in [3.8, 4) is 5.75 Å². The van der Waals surface area contributed by atoms with E-state index in [0.717, 1.165) is 40.0 Å². The van der Waals surface area contributed by atoms with Gasteiger partial charge in [0.2, 0.25) is 0 Å². The van der Waals surface area contributed by atoms with Crippen LogP contribution in [-0.2, 0) is 6.54 Å². The number of rotatable bonds is 6. The lowest BCUT2D eigenvalue weighted by molar-refractivity contribution is 0.317. The minimum atomic E-state index is 0.758. The van der Waals surface area contributed by atoms with Crippen LogP contribution in [0.4, 0.5) is 5.69 Å². The summed E-state index contributed by atoms with van der Waals surface area (Å²) in [5, 5.41) is 3.42. The Bertz CT molecular complexity index is 572. The summed E-state index contributed by atoms with van der Waals surface area (Å²) in [7, 11) is 0. The molecule has 0 aromatic heterocycles. The van der Waals surface area contributed by atoms with Crippen molar-refractivity contribution >= 4 is 37.5 Å². The molecule has 4 heteroatoms. The SMILES string of the molecule is CCCOc1cccc(CNc2cc(Br)ccc2Br)c1. The normalized spacial score (nSPS) is 10.3. The van der Waals surface area contributed by atoms with Gasteiger partial charge in [-0.15, -0.1) is 0 Å². The van der Waals surface area contributed by atoms with Crippen molar-refractivity contribution in [3.63, 3.8) is 0 Å². The summed E-state index contributed by atoms with van der Waals surface area (Å²) in [5.74, 6) is 0.930. The van der Waals surface area contributed by atoms with Crippen molar-refractivity contribution in [2.24, 2.45) is 0 Å². The molecule has 2 nitrogen and oxygen atoms in total. The van der Waals surface area contributed by atoms with Crippen LogP contribution >= 0.6 is 31.9 Å². The van der Waals surface area contributed by atoms with Crippen molar-refractivity contribution in [1.29, 1.82) is 0 Å². The summed E-state index contributed by atoms with van der Waals surface area (Å²) in [5.41, 5.74) is 2.27. The van der Waals surface area contributed by atoms with Crippen LogP contribution < -0.4 is 10.1 Å². The number of benzene rings is 2. The summed E-state index contributed by atoms with van der Waals surface area (Å²) in [6.45, 7) is 3.63. The van der Waals surface area contributed by atoms with E-state index in [2.05, 4.69) is 62.3 Å². The molecule has 0 unspecified atom stereocenters. The van der Waals surface area contributed by atoms with Crippen LogP contribution in [0.3, 0.4) is 0 Å². The van der Waals surface area contributed by atoms with Crippen LogP contribution in [0, 0.1) is 0 Å². The molecule has 0 amide bonds. The van der Waals surface area contributed by atoms with Crippen molar-refractivity contribution in [2.75, 3.05) is 11.9 Å². The smallest absolute Gasteiger partial charge is 0.119 e. The fourth-order valence-corrected chi connectivity index (χ4v) is 2.54. The van der Waals surface area contributed by atoms with Crippen molar-refractivity contribution < 1.29 is 4.74 Å². The average molecular weight is 399 g/mol. The zero-order chi connectivity index (χ0) is 14.4. The highest BCUT2D eigenvalue weighted by atomic mass is 79.9. The number of halogens is 2. The van der Waals surface area contributed by atoms with Gasteiger partial charge in [-0.3, -0.25) is 0 Å². The second kappa shape index (κ2) is 7.70. The predicted molar refractivity (Wildman–Crippen MR) is 91.4 cm³/mol. The molecule has 0 fully saturated rings. The first-order valence-corrected chi connectivity index (χ1v) is 8.18. The summed E-state index contributed by atoms with van der Waals surface area (Å²) in [6, 6.07) is 14.3. The molecule has 2 rings (SSSR count). The lowest BCUT2D eigenvalue weighted by Crippen LogP contribution is -2.01. The number of hydrogen-bond acceptors (Lipinski definition) is 2. The molecule has 0 saturated carbocycles. The van der Waals surface area contributed by atoms with Crippen LogP contribution in [0.2, 0.25) is 0 Å². The molecule has 2 aromatic carbocycles. The van der Waals surface area contributed by atoms with Crippen LogP contribution in [0.5, 0.6) is 5.75 Å². The first-order chi connectivity index (χ1) is 9.69. The van der Waals surface area contributed by atoms with Gasteiger partial charge in [-0.2, -0.15) is 0 Å². The van der Waals surface area contributed by atoms with Crippen molar-refractivity contribution in [2.45, 2.75) is 19.9 Å². The van der Waals surface area contributed by atoms with Crippen LogP contribution in [0.25, 0.3) is 0 Å². The summed E-state index contributed by atoms with van der Waals surface area (Å²) < 4.78 is 7.76. The fourth-order valence-electron chi connectivity index (χ4n) is 1.80. The van der Waals surface area contributed by atoms with E-state index in [1.165, 1.54) is 5.56 Å². The molecule has 0 aliphatic rings. The maximum atomic E-state index is 5.65. The number of anilines is 1. The topological polar surface area (TPSA) is 21.3 Å². The van der Waals surface area contributed by atoms with Crippen LogP contribution in [0.15, 0.2) is 51.4 Å². The maximum absolute atomic E-state index is 5.65. The van der Waals surface area contributed by atoms with Gasteiger partial charge in [0.25, 0.3) is 0 Å². The van der Waals surface area contributed by atoms with E-state index in [9.17, 15) is 0 Å². The molecule has 0 atom stereocenters. The Morgan fingerprint density at radius 1 is 1.10 bits per heavy atom. The van der Waals surface area contributed by atoms with Gasteiger partial charge in [-0.05, 0) is 58.2 Å². The van der Waals surface area contributed by atoms with Gasteiger partial charge in [-0.25, -0.2) is 0 Å². The van der Waals surface area contributed by atoms with Gasteiger partial charge in [0.1, 0.15) is 5.75 Å². The lowest BCUT2D eigenvalue weighted by Gasteiger charge is -2.11. The number of hydrogen-bond donors (Lipinski definition) is 1. The van der Waals surface area contributed by atoms with Gasteiger partial charge in [0.05, 0.1) is 6.61 Å². The van der Waals surface area contributed by atoms with E-state index in [1.54, 1.807) is 0 Å². The highest BCUT2D eigenvalue weighted by Crippen LogP contribution is 2.26. The first kappa shape index (κ1) is 15.4. The molecule has 0 saturated heterocycles. The van der Waals surface area contributed by atoms with Crippen LogP contribution in [0.1, 0.15) is 18.9 Å². The molecule has 0 bridgehead atoms. The quantitative estimate of drug-likeness (QED) is 0.682. The molecule has 2 aromatic rings. The molecular formula is C16H17Br2NO. The Hall–Kier alpha value is -1.000. The Balaban J connectivity index is 2.01. The zero-order valence-corrected chi connectivity index (χ0v) is 14.5.